The maximum atomic E-state index is 12.9. The molecule has 0 amide bonds. The molecule has 3 heterocycles. The first kappa shape index (κ1) is 80.7. The number of nitrogens with one attached hydrogen (secondary N) is 4. The number of benzene rings is 15. The number of nitrogen functional groups attached to an aromatic ring is 2. The zero-order valence-electron chi connectivity index (χ0n) is 62.7. The smallest absolute Gasteiger partial charge is 0.338 e. The van der Waals surface area contributed by atoms with E-state index in [1.165, 1.54) is 50.2 Å². The van der Waals surface area contributed by atoms with E-state index in [-0.39, 0.29) is 48.8 Å². The summed E-state index contributed by atoms with van der Waals surface area (Å²) in [7, 11) is 1.36. The highest BCUT2D eigenvalue weighted by atomic mass is 35.5. The quantitative estimate of drug-likeness (QED) is 0.0292. The van der Waals surface area contributed by atoms with Crippen LogP contribution in [0.5, 0.6) is 0 Å². The molecule has 0 bridgehead atoms. The Balaban J connectivity index is 0.000000145. The number of carboxylic acids is 1. The molecule has 18 rings (SSSR count). The number of carbonyl (C=O) groups is 3. The van der Waals surface area contributed by atoms with Gasteiger partial charge in [-0.05, 0) is 179 Å². The largest absolute Gasteiger partial charge is 1.00 e. The lowest BCUT2D eigenvalue weighted by Crippen LogP contribution is -3.00. The summed E-state index contributed by atoms with van der Waals surface area (Å²) in [4.78, 5) is 40.3. The van der Waals surface area contributed by atoms with Crippen molar-refractivity contribution in [3.8, 4) is 67.4 Å². The molecular weight excluding hydrogens is 1480 g/mol. The number of rotatable bonds is 10. The molecule has 12 aromatic rings. The topological polar surface area (TPSA) is 255 Å². The first-order chi connectivity index (χ1) is 53.5. The highest BCUT2D eigenvalue weighted by Gasteiger charge is 2.27. The lowest BCUT2D eigenvalue weighted by Gasteiger charge is -2.19. The molecule has 0 unspecified atom stereocenters. The standard InChI is InChI=1S/C28H30N2O3.C21H16N2O3.C20H14N2O3.C20H12.C6H6.3ClH/c1-6-29-23-15-25-21(13-17(23)4)27(19-11-9-10-12-20(19)28(31)32-8-3)22-14-18(5)24(30-7-2)16-26(22)33-25;1-25-21(24)15-5-3-2-4-14(15)20-16-8-6-12(22)10-18(16)26-19-11-13(23)7-9-17(19)20;21-11-5-7-15-17(9-11)25-18-10-12(22)6-8-16(18)19(15)13-3-1-2-4-14(13)20(23)24;1-5-13-6-2-11-17-18-12-4-8-14-7-3-10-16(20(14)18)15(9-1)19(13)17;1-2-4-6-5-3-1;;;/h9-16,29H,6-8H2,1-5H3;2-11,22H,23H2,1H3;1-10,21H,22H2,(H,23,24);1-12H;1-6H;3*1H/p-2. The van der Waals surface area contributed by atoms with Gasteiger partial charge in [-0.25, -0.2) is 19.4 Å². The van der Waals surface area contributed by atoms with Crippen molar-refractivity contribution in [1.82, 2.24) is 0 Å². The minimum atomic E-state index is -0.995. The van der Waals surface area contributed by atoms with Crippen LogP contribution in [0.2, 0.25) is 0 Å². The maximum absolute atomic E-state index is 12.9. The number of carboxylic acid groups (broad SMARTS) is 1. The van der Waals surface area contributed by atoms with E-state index < -0.39 is 11.9 Å². The number of ether oxygens (including phenoxy) is 2. The molecule has 12 aromatic carbocycles. The molecule has 0 atom stereocenters. The number of aryl methyl sites for hydroxylation is 2. The number of esters is 2. The molecule has 0 radical (unpaired) electrons. The fraction of sp³-hybridized carbons (Fsp3) is 0.0947. The van der Waals surface area contributed by atoms with E-state index in [0.717, 1.165) is 107 Å². The van der Waals surface area contributed by atoms with Crippen molar-refractivity contribution in [2.45, 2.75) is 34.6 Å². The van der Waals surface area contributed by atoms with Crippen molar-refractivity contribution in [3.63, 3.8) is 0 Å². The van der Waals surface area contributed by atoms with Gasteiger partial charge in [0, 0.05) is 109 Å². The van der Waals surface area contributed by atoms with E-state index in [2.05, 4.69) is 135 Å². The molecule has 0 saturated heterocycles. The minimum absolute atomic E-state index is 0. The van der Waals surface area contributed by atoms with E-state index in [1.807, 2.05) is 97.9 Å². The van der Waals surface area contributed by atoms with Crippen LogP contribution in [0.1, 0.15) is 63.0 Å². The summed E-state index contributed by atoms with van der Waals surface area (Å²) in [6.07, 6.45) is 0. The molecule has 0 spiro atoms. The highest BCUT2D eigenvalue weighted by molar-refractivity contribution is 6.33. The van der Waals surface area contributed by atoms with Crippen LogP contribution in [0.25, 0.3) is 143 Å². The molecule has 9 N–H and O–H groups in total. The second-order valence-electron chi connectivity index (χ2n) is 26.5. The van der Waals surface area contributed by atoms with Gasteiger partial charge in [0.05, 0.1) is 47.2 Å². The molecule has 3 aliphatic heterocycles. The summed E-state index contributed by atoms with van der Waals surface area (Å²) in [5, 5.41) is 43.9. The van der Waals surface area contributed by atoms with Crippen LogP contribution < -0.4 is 75.1 Å². The summed E-state index contributed by atoms with van der Waals surface area (Å²) in [6.45, 7) is 12.1. The molecular formula is C95H79Cl3N6O9-2. The molecule has 6 aliphatic rings. The second-order valence-corrected chi connectivity index (χ2v) is 26.5. The summed E-state index contributed by atoms with van der Waals surface area (Å²) in [6, 6.07) is 89.6. The van der Waals surface area contributed by atoms with Gasteiger partial charge < -0.3 is 92.7 Å². The monoisotopic (exact) mass is 1550 g/mol. The van der Waals surface area contributed by atoms with Gasteiger partial charge in [-0.15, -0.1) is 0 Å². The van der Waals surface area contributed by atoms with Crippen molar-refractivity contribution < 1.29 is 84.4 Å². The van der Waals surface area contributed by atoms with Gasteiger partial charge in [0.1, 0.15) is 40.6 Å². The number of hydrogen-bond acceptors (Lipinski definition) is 13. The van der Waals surface area contributed by atoms with Crippen molar-refractivity contribution in [2.75, 3.05) is 43.6 Å². The van der Waals surface area contributed by atoms with Crippen molar-refractivity contribution in [1.29, 1.82) is 10.8 Å². The zero-order valence-corrected chi connectivity index (χ0v) is 64.9. The van der Waals surface area contributed by atoms with E-state index in [0.29, 0.717) is 68.1 Å². The number of anilines is 3. The molecule has 113 heavy (non-hydrogen) atoms. The Morgan fingerprint density at radius 1 is 0.416 bits per heavy atom. The van der Waals surface area contributed by atoms with Crippen LogP contribution in [0.3, 0.4) is 0 Å². The summed E-state index contributed by atoms with van der Waals surface area (Å²) < 4.78 is 28.7. The Morgan fingerprint density at radius 2 is 0.832 bits per heavy atom. The third-order valence-electron chi connectivity index (χ3n) is 19.4. The average molecular weight is 1560 g/mol. The number of fused-ring (bicyclic) bond motifs is 8. The fourth-order valence-corrected chi connectivity index (χ4v) is 14.6. The van der Waals surface area contributed by atoms with Crippen LogP contribution in [-0.4, -0.2) is 49.8 Å². The van der Waals surface area contributed by atoms with Crippen LogP contribution in [0.4, 0.5) is 17.1 Å². The highest BCUT2D eigenvalue weighted by Crippen LogP contribution is 2.46. The Labute approximate surface area is 670 Å². The number of halogens is 3. The van der Waals surface area contributed by atoms with Gasteiger partial charge in [0.2, 0.25) is 5.36 Å². The normalized spacial score (nSPS) is 11.0. The van der Waals surface area contributed by atoms with Gasteiger partial charge in [0.25, 0.3) is 0 Å². The van der Waals surface area contributed by atoms with Crippen LogP contribution >= 0.6 is 0 Å². The lowest BCUT2D eigenvalue weighted by molar-refractivity contribution is -0.496. The van der Waals surface area contributed by atoms with Crippen LogP contribution in [-0.2, 0) is 9.47 Å². The summed E-state index contributed by atoms with van der Waals surface area (Å²) in [5.41, 5.74) is 26.6. The summed E-state index contributed by atoms with van der Waals surface area (Å²) in [5.74, 6) is 0.118. The number of methoxy groups -OCH3 is 1. The van der Waals surface area contributed by atoms with Gasteiger partial charge >= 0.3 is 17.9 Å². The first-order valence-electron chi connectivity index (χ1n) is 36.3. The SMILES string of the molecule is CCNc1cc2oc3cc(=[NH+]CC)c(C)cc-3c(-c3ccccc3C(=O)OCC)c2cc1C.COC(=O)c1ccccc1-c1c2ccc(=N)cc-2oc2cc(N)ccc12.N=c1ccc2c(-c3ccccc3C(=O)O)c3ccc(N)cc3oc-2c1.[Cl-].[Cl-].[Cl-].c1cc2cccc3c4cccc5cccc(c(c1)c23)c54.c1ccccc1. The number of hydrogen-bond donors (Lipinski definition) is 7. The van der Waals surface area contributed by atoms with Crippen molar-refractivity contribution >= 4 is 111 Å². The van der Waals surface area contributed by atoms with Gasteiger partial charge in [0.15, 0.2) is 0 Å². The molecule has 3 aliphatic carbocycles. The Hall–Kier alpha value is -13.3. The molecule has 15 nitrogen and oxygen atoms in total. The molecule has 0 saturated carbocycles. The van der Waals surface area contributed by atoms with Crippen LogP contribution in [0.15, 0.2) is 292 Å². The van der Waals surface area contributed by atoms with Crippen LogP contribution in [0, 0.1) is 24.7 Å². The third-order valence-corrected chi connectivity index (χ3v) is 19.4. The Morgan fingerprint density at radius 3 is 1.27 bits per heavy atom. The minimum Gasteiger partial charge on any atom is -1.00 e. The van der Waals surface area contributed by atoms with Gasteiger partial charge in [-0.1, -0.05) is 164 Å². The Bertz CT molecular complexity index is 6440. The second kappa shape index (κ2) is 35.6. The zero-order chi connectivity index (χ0) is 76.7. The van der Waals surface area contributed by atoms with Gasteiger partial charge in [-0.2, -0.15) is 0 Å². The molecule has 18 heteroatoms. The molecule has 566 valence electrons. The fourth-order valence-electron chi connectivity index (χ4n) is 14.6. The van der Waals surface area contributed by atoms with E-state index in [1.54, 1.807) is 91.0 Å². The lowest BCUT2D eigenvalue weighted by atomic mass is 9.89. The predicted molar refractivity (Wildman–Crippen MR) is 442 cm³/mol. The number of carbonyl (C=O) groups excluding carboxylic acids is 2. The number of aromatic carboxylic acids is 1. The average Bonchev–Trinajstić information content (AvgIpc) is 0.724. The Kier molecular flexibility index (Phi) is 25.4. The van der Waals surface area contributed by atoms with E-state index in [4.69, 9.17) is 45.0 Å². The third kappa shape index (κ3) is 16.5. The van der Waals surface area contributed by atoms with E-state index >= 15 is 0 Å². The molecule has 0 fully saturated rings. The first-order valence-corrected chi connectivity index (χ1v) is 36.3. The summed E-state index contributed by atoms with van der Waals surface area (Å²) >= 11 is 0. The maximum Gasteiger partial charge on any atom is 0.338 e. The molecule has 0 aromatic heterocycles. The van der Waals surface area contributed by atoms with E-state index in [9.17, 15) is 19.5 Å². The van der Waals surface area contributed by atoms with Gasteiger partial charge in [-0.3, -0.25) is 0 Å². The number of nitrogens with two attached hydrogens (primary N) is 2. The van der Waals surface area contributed by atoms with Crippen molar-refractivity contribution in [3.05, 3.63) is 323 Å². The van der Waals surface area contributed by atoms with Crippen molar-refractivity contribution in [2.24, 2.45) is 0 Å². The predicted octanol–water partition coefficient (Wildman–Crippen LogP) is 10.9.